The van der Waals surface area contributed by atoms with Gasteiger partial charge in [-0.1, -0.05) is 29.3 Å². The fourth-order valence-electron chi connectivity index (χ4n) is 2.67. The Hall–Kier alpha value is -2.25. The van der Waals surface area contributed by atoms with Crippen LogP contribution in [-0.2, 0) is 16.0 Å². The van der Waals surface area contributed by atoms with Gasteiger partial charge in [0.1, 0.15) is 6.54 Å². The minimum Gasteiger partial charge on any atom is -0.332 e. The molecule has 136 valence electrons. The molecule has 0 N–H and O–H groups in total. The Morgan fingerprint density at radius 1 is 1.19 bits per heavy atom. The summed E-state index contributed by atoms with van der Waals surface area (Å²) in [6.45, 7) is 0.561. The Balaban J connectivity index is 1.57. The van der Waals surface area contributed by atoms with Gasteiger partial charge in [-0.15, -0.1) is 0 Å². The van der Waals surface area contributed by atoms with Crippen LogP contribution >= 0.6 is 23.2 Å². The lowest BCUT2D eigenvalue weighted by atomic mass is 10.1. The highest BCUT2D eigenvalue weighted by atomic mass is 35.5. The van der Waals surface area contributed by atoms with Crippen LogP contribution in [0.4, 0.5) is 10.3 Å². The van der Waals surface area contributed by atoms with Gasteiger partial charge in [0.25, 0.3) is 0 Å². The van der Waals surface area contributed by atoms with E-state index < -0.39 is 5.82 Å². The number of rotatable bonds is 4. The summed E-state index contributed by atoms with van der Waals surface area (Å²) < 4.78 is 12.9. The first kappa shape index (κ1) is 18.5. The van der Waals surface area contributed by atoms with Crippen LogP contribution in [0.3, 0.4) is 0 Å². The minimum absolute atomic E-state index is 0.0616. The van der Waals surface area contributed by atoms with Gasteiger partial charge in [-0.05, 0) is 24.1 Å². The molecule has 0 spiro atoms. The smallest absolute Gasteiger partial charge is 0.249 e. The number of amides is 2. The molecule has 0 aliphatic carbocycles. The van der Waals surface area contributed by atoms with Crippen molar-refractivity contribution in [3.8, 4) is 0 Å². The number of halogens is 3. The first-order chi connectivity index (χ1) is 12.4. The first-order valence-electron chi connectivity index (χ1n) is 7.93. The van der Waals surface area contributed by atoms with Crippen LogP contribution < -0.4 is 4.90 Å². The molecule has 1 aromatic carbocycles. The van der Waals surface area contributed by atoms with Crippen LogP contribution in [0.2, 0.25) is 10.0 Å². The number of carbonyl (C=O) groups is 2. The second kappa shape index (κ2) is 7.97. The number of nitrogens with zero attached hydrogens (tertiary/aromatic N) is 4. The fraction of sp³-hybridized carbons (Fsp3) is 0.294. The van der Waals surface area contributed by atoms with E-state index in [4.69, 9.17) is 23.2 Å². The highest BCUT2D eigenvalue weighted by molar-refractivity contribution is 6.35. The van der Waals surface area contributed by atoms with Gasteiger partial charge in [0, 0.05) is 29.6 Å². The quantitative estimate of drug-likeness (QED) is 0.796. The third kappa shape index (κ3) is 4.28. The summed E-state index contributed by atoms with van der Waals surface area (Å²) in [6.07, 6.45) is 2.71. The normalized spacial score (nSPS) is 14.7. The van der Waals surface area contributed by atoms with Crippen LogP contribution in [-0.4, -0.2) is 46.3 Å². The average Bonchev–Trinajstić information content (AvgIpc) is 2.61. The van der Waals surface area contributed by atoms with Crippen LogP contribution in [0.25, 0.3) is 0 Å². The highest BCUT2D eigenvalue weighted by Crippen LogP contribution is 2.22. The molecule has 1 aliphatic heterocycles. The zero-order valence-corrected chi connectivity index (χ0v) is 15.2. The number of carbonyl (C=O) groups excluding carboxylic acids is 2. The van der Waals surface area contributed by atoms with Gasteiger partial charge in [0.15, 0.2) is 5.82 Å². The lowest BCUT2D eigenvalue weighted by molar-refractivity contribution is -0.136. The lowest BCUT2D eigenvalue weighted by Crippen LogP contribution is -2.53. The molecule has 0 saturated carbocycles. The molecule has 6 nitrogen and oxygen atoms in total. The third-order valence-corrected chi connectivity index (χ3v) is 4.63. The molecule has 3 rings (SSSR count). The molecule has 1 saturated heterocycles. The predicted octanol–water partition coefficient (Wildman–Crippen LogP) is 2.73. The second-order valence-electron chi connectivity index (χ2n) is 5.80. The summed E-state index contributed by atoms with van der Waals surface area (Å²) >= 11 is 12.0. The maximum atomic E-state index is 12.9. The number of benzene rings is 1. The Morgan fingerprint density at radius 3 is 2.58 bits per heavy atom. The van der Waals surface area contributed by atoms with Gasteiger partial charge in [-0.2, -0.15) is 0 Å². The van der Waals surface area contributed by atoms with E-state index in [0.29, 0.717) is 23.0 Å². The Kier molecular flexibility index (Phi) is 5.68. The summed E-state index contributed by atoms with van der Waals surface area (Å²) in [5.74, 6) is -0.878. The van der Waals surface area contributed by atoms with E-state index in [1.165, 1.54) is 9.80 Å². The van der Waals surface area contributed by atoms with E-state index in [1.807, 2.05) is 0 Å². The fourth-order valence-corrected chi connectivity index (χ4v) is 3.17. The van der Waals surface area contributed by atoms with E-state index in [0.717, 1.165) is 18.0 Å². The van der Waals surface area contributed by atoms with Gasteiger partial charge >= 0.3 is 0 Å². The Morgan fingerprint density at radius 2 is 1.92 bits per heavy atom. The van der Waals surface area contributed by atoms with Crippen LogP contribution in [0, 0.1) is 5.82 Å². The van der Waals surface area contributed by atoms with Crippen LogP contribution in [0.15, 0.2) is 30.6 Å². The molecule has 0 radical (unpaired) electrons. The molecule has 2 aromatic rings. The second-order valence-corrected chi connectivity index (χ2v) is 6.64. The lowest BCUT2D eigenvalue weighted by Gasteiger charge is -2.33. The molecule has 0 bridgehead atoms. The van der Waals surface area contributed by atoms with E-state index in [1.54, 1.807) is 18.2 Å². The molecule has 2 heterocycles. The standard InChI is InChI=1S/C17H15Cl2FN4O2/c18-12-3-1-11(14(19)7-12)2-4-15(25)23-5-6-24(16(26)10-23)17-21-8-13(20)9-22-17/h1,3,7-9H,2,4-6,10H2. The molecule has 0 unspecified atom stereocenters. The molecule has 2 amide bonds. The first-order valence-corrected chi connectivity index (χ1v) is 8.69. The number of aryl methyl sites for hydroxylation is 1. The van der Waals surface area contributed by atoms with E-state index >= 15 is 0 Å². The topological polar surface area (TPSA) is 66.4 Å². The minimum atomic E-state index is -0.573. The van der Waals surface area contributed by atoms with E-state index in [9.17, 15) is 14.0 Å². The SMILES string of the molecule is O=C(CCc1ccc(Cl)cc1Cl)N1CCN(c2ncc(F)cn2)C(=O)C1. The summed E-state index contributed by atoms with van der Waals surface area (Å²) in [7, 11) is 0. The van der Waals surface area contributed by atoms with Crippen LogP contribution in [0.5, 0.6) is 0 Å². The molecule has 0 atom stereocenters. The summed E-state index contributed by atoms with van der Waals surface area (Å²) in [5.41, 5.74) is 0.828. The molecule has 26 heavy (non-hydrogen) atoms. The van der Waals surface area contributed by atoms with Crippen molar-refractivity contribution in [1.29, 1.82) is 0 Å². The maximum absolute atomic E-state index is 12.9. The number of hydrogen-bond donors (Lipinski definition) is 0. The van der Waals surface area contributed by atoms with Crippen molar-refractivity contribution < 1.29 is 14.0 Å². The van der Waals surface area contributed by atoms with Crippen molar-refractivity contribution in [3.63, 3.8) is 0 Å². The zero-order chi connectivity index (χ0) is 18.7. The average molecular weight is 397 g/mol. The van der Waals surface area contributed by atoms with Crippen molar-refractivity contribution in [2.45, 2.75) is 12.8 Å². The van der Waals surface area contributed by atoms with Gasteiger partial charge < -0.3 is 4.90 Å². The van der Waals surface area contributed by atoms with Crippen molar-refractivity contribution in [1.82, 2.24) is 14.9 Å². The van der Waals surface area contributed by atoms with Crippen molar-refractivity contribution in [3.05, 3.63) is 52.0 Å². The molecule has 1 aromatic heterocycles. The van der Waals surface area contributed by atoms with Gasteiger partial charge in [-0.25, -0.2) is 14.4 Å². The number of hydrogen-bond acceptors (Lipinski definition) is 4. The molecular weight excluding hydrogens is 382 g/mol. The monoisotopic (exact) mass is 396 g/mol. The Labute approximate surface area is 159 Å². The third-order valence-electron chi connectivity index (χ3n) is 4.04. The Bertz CT molecular complexity index is 832. The molecule has 1 fully saturated rings. The predicted molar refractivity (Wildman–Crippen MR) is 95.7 cm³/mol. The number of anilines is 1. The zero-order valence-electron chi connectivity index (χ0n) is 13.7. The summed E-state index contributed by atoms with van der Waals surface area (Å²) in [5, 5.41) is 1.05. The highest BCUT2D eigenvalue weighted by Gasteiger charge is 2.29. The van der Waals surface area contributed by atoms with Crippen molar-refractivity contribution >= 4 is 41.0 Å². The largest absolute Gasteiger partial charge is 0.332 e. The van der Waals surface area contributed by atoms with Crippen molar-refractivity contribution in [2.24, 2.45) is 0 Å². The van der Waals surface area contributed by atoms with Gasteiger partial charge in [0.05, 0.1) is 12.4 Å². The maximum Gasteiger partial charge on any atom is 0.249 e. The van der Waals surface area contributed by atoms with Crippen LogP contribution in [0.1, 0.15) is 12.0 Å². The summed E-state index contributed by atoms with van der Waals surface area (Å²) in [4.78, 5) is 35.1. The van der Waals surface area contributed by atoms with E-state index in [-0.39, 0.29) is 37.3 Å². The number of piperazine rings is 1. The van der Waals surface area contributed by atoms with Gasteiger partial charge in [0.2, 0.25) is 17.8 Å². The molecule has 9 heteroatoms. The number of aromatic nitrogens is 2. The van der Waals surface area contributed by atoms with Crippen molar-refractivity contribution in [2.75, 3.05) is 24.5 Å². The molecule has 1 aliphatic rings. The van der Waals surface area contributed by atoms with E-state index in [2.05, 4.69) is 9.97 Å². The molecular formula is C17H15Cl2FN4O2. The summed E-state index contributed by atoms with van der Waals surface area (Å²) in [6, 6.07) is 5.14. The van der Waals surface area contributed by atoms with Gasteiger partial charge in [-0.3, -0.25) is 14.5 Å².